The molecule has 33 heavy (non-hydrogen) atoms. The lowest BCUT2D eigenvalue weighted by molar-refractivity contribution is -0.131. The van der Waals surface area contributed by atoms with E-state index in [2.05, 4.69) is 21.3 Å². The second-order valence-electron chi connectivity index (χ2n) is 7.69. The van der Waals surface area contributed by atoms with E-state index in [1.54, 1.807) is 0 Å². The van der Waals surface area contributed by atoms with E-state index in [1.807, 2.05) is 0 Å². The molecule has 12 nitrogen and oxygen atoms in total. The fourth-order valence-electron chi connectivity index (χ4n) is 3.77. The van der Waals surface area contributed by atoms with Crippen molar-refractivity contribution in [2.45, 2.75) is 38.1 Å². The summed E-state index contributed by atoms with van der Waals surface area (Å²) in [6.07, 6.45) is 0.851. The van der Waals surface area contributed by atoms with Gasteiger partial charge in [0, 0.05) is 13.0 Å². The van der Waals surface area contributed by atoms with Gasteiger partial charge in [0.1, 0.15) is 6.04 Å². The Morgan fingerprint density at radius 1 is 1.09 bits per heavy atom. The third-order valence-corrected chi connectivity index (χ3v) is 5.32. The van der Waals surface area contributed by atoms with Crippen LogP contribution < -0.4 is 21.3 Å². The minimum absolute atomic E-state index is 0.0129. The second-order valence-corrected chi connectivity index (χ2v) is 7.69. The van der Waals surface area contributed by atoms with Crippen molar-refractivity contribution in [1.82, 2.24) is 20.9 Å². The van der Waals surface area contributed by atoms with Gasteiger partial charge < -0.3 is 21.1 Å². The largest absolute Gasteiger partial charge is 0.465 e. The third-order valence-electron chi connectivity index (χ3n) is 5.32. The van der Waals surface area contributed by atoms with E-state index in [9.17, 15) is 28.8 Å². The van der Waals surface area contributed by atoms with E-state index in [0.717, 1.165) is 4.90 Å². The molecule has 6 amide bonds. The van der Waals surface area contributed by atoms with E-state index in [0.29, 0.717) is 32.4 Å². The number of fused-ring (bicyclic) bond motifs is 1. The minimum atomic E-state index is -1.09. The topological polar surface area (TPSA) is 174 Å². The van der Waals surface area contributed by atoms with E-state index in [-0.39, 0.29) is 36.2 Å². The van der Waals surface area contributed by atoms with Crippen molar-refractivity contribution in [2.24, 2.45) is 0 Å². The molecular formula is C21H25N5O7. The molecule has 12 heteroatoms. The average Bonchev–Trinajstić information content (AvgIpc) is 2.89. The molecule has 1 atom stereocenters. The molecule has 1 unspecified atom stereocenters. The molecule has 1 aromatic rings. The van der Waals surface area contributed by atoms with Crippen molar-refractivity contribution in [3.05, 3.63) is 29.3 Å². The van der Waals surface area contributed by atoms with Gasteiger partial charge in [-0.2, -0.15) is 0 Å². The molecule has 1 aromatic carbocycles. The quantitative estimate of drug-likeness (QED) is 0.254. The van der Waals surface area contributed by atoms with Crippen LogP contribution in [0.25, 0.3) is 0 Å². The Kier molecular flexibility index (Phi) is 7.72. The molecular weight excluding hydrogens is 434 g/mol. The van der Waals surface area contributed by atoms with E-state index in [1.165, 1.54) is 18.2 Å². The number of carbonyl (C=O) groups excluding carboxylic acids is 5. The number of hydrogen-bond acceptors (Lipinski definition) is 7. The van der Waals surface area contributed by atoms with Crippen LogP contribution in [0.1, 0.15) is 52.8 Å². The van der Waals surface area contributed by atoms with Gasteiger partial charge in [-0.25, -0.2) is 4.79 Å². The van der Waals surface area contributed by atoms with Crippen LogP contribution in [0.2, 0.25) is 0 Å². The molecule has 0 saturated carbocycles. The maximum Gasteiger partial charge on any atom is 0.404 e. The van der Waals surface area contributed by atoms with Crippen molar-refractivity contribution < 1.29 is 33.9 Å². The van der Waals surface area contributed by atoms with Gasteiger partial charge in [-0.15, -0.1) is 0 Å². The Balaban J connectivity index is 1.61. The van der Waals surface area contributed by atoms with Crippen LogP contribution in [0.3, 0.4) is 0 Å². The molecule has 0 aromatic heterocycles. The Hall–Kier alpha value is -3.80. The number of rotatable bonds is 9. The molecule has 0 radical (unpaired) electrons. The summed E-state index contributed by atoms with van der Waals surface area (Å²) < 4.78 is 0. The van der Waals surface area contributed by atoms with Crippen molar-refractivity contribution in [1.29, 1.82) is 0 Å². The summed E-state index contributed by atoms with van der Waals surface area (Å²) >= 11 is 0. The van der Waals surface area contributed by atoms with Crippen molar-refractivity contribution >= 4 is 41.3 Å². The second kappa shape index (κ2) is 10.7. The Labute approximate surface area is 189 Å². The molecule has 2 aliphatic rings. The Morgan fingerprint density at radius 3 is 2.61 bits per heavy atom. The maximum absolute atomic E-state index is 13.1. The summed E-state index contributed by atoms with van der Waals surface area (Å²) in [4.78, 5) is 73.5. The number of anilines is 1. The van der Waals surface area contributed by atoms with Crippen LogP contribution >= 0.6 is 0 Å². The molecule has 0 aliphatic carbocycles. The van der Waals surface area contributed by atoms with Crippen LogP contribution in [0.4, 0.5) is 10.5 Å². The molecule has 1 fully saturated rings. The highest BCUT2D eigenvalue weighted by Crippen LogP contribution is 2.32. The molecule has 0 spiro atoms. The fourth-order valence-corrected chi connectivity index (χ4v) is 3.77. The molecule has 2 heterocycles. The number of carbonyl (C=O) groups is 6. The normalized spacial score (nSPS) is 17.9. The number of nitrogens with one attached hydrogen (secondary N) is 4. The first-order chi connectivity index (χ1) is 15.8. The SMILES string of the molecule is O=C(O)NCCCCNCC(=O)Nc1cccc2c1C(=O)N(C1CCCC(=O)NC1=O)C2=O. The van der Waals surface area contributed by atoms with E-state index >= 15 is 0 Å². The van der Waals surface area contributed by atoms with Crippen molar-refractivity contribution in [2.75, 3.05) is 25.0 Å². The first-order valence-corrected chi connectivity index (χ1v) is 10.6. The van der Waals surface area contributed by atoms with Crippen molar-refractivity contribution in [3.63, 3.8) is 0 Å². The molecule has 0 bridgehead atoms. The monoisotopic (exact) mass is 459 g/mol. The summed E-state index contributed by atoms with van der Waals surface area (Å²) in [5, 5.41) is 18.5. The van der Waals surface area contributed by atoms with Gasteiger partial charge in [0.2, 0.25) is 17.7 Å². The van der Waals surface area contributed by atoms with Crippen LogP contribution in [-0.4, -0.2) is 71.3 Å². The zero-order valence-corrected chi connectivity index (χ0v) is 17.8. The third kappa shape index (κ3) is 5.71. The van der Waals surface area contributed by atoms with Crippen LogP contribution in [0.15, 0.2) is 18.2 Å². The number of hydrogen-bond donors (Lipinski definition) is 5. The zero-order chi connectivity index (χ0) is 24.0. The zero-order valence-electron chi connectivity index (χ0n) is 17.8. The summed E-state index contributed by atoms with van der Waals surface area (Å²) in [6, 6.07) is 3.39. The van der Waals surface area contributed by atoms with Crippen LogP contribution in [-0.2, 0) is 14.4 Å². The highest BCUT2D eigenvalue weighted by Gasteiger charge is 2.44. The number of nitrogens with zero attached hydrogens (tertiary/aromatic N) is 1. The van der Waals surface area contributed by atoms with Gasteiger partial charge in [-0.05, 0) is 44.4 Å². The lowest BCUT2D eigenvalue weighted by atomic mass is 10.1. The minimum Gasteiger partial charge on any atom is -0.465 e. The summed E-state index contributed by atoms with van der Waals surface area (Å²) in [5.74, 6) is -2.91. The maximum atomic E-state index is 13.1. The predicted molar refractivity (Wildman–Crippen MR) is 114 cm³/mol. The fraction of sp³-hybridized carbons (Fsp3) is 0.429. The number of unbranched alkanes of at least 4 members (excludes halogenated alkanes) is 1. The standard InChI is InChI=1S/C21H25N5O7/c27-15-8-4-7-14(18(29)25-15)26-19(30)12-5-3-6-13(17(12)20(26)31)24-16(28)11-22-9-1-2-10-23-21(32)33/h3,5-6,14,22-23H,1-2,4,7-11H2,(H,24,28)(H,32,33)(H,25,27,29). The first-order valence-electron chi connectivity index (χ1n) is 10.6. The first kappa shape index (κ1) is 23.9. The summed E-state index contributed by atoms with van der Waals surface area (Å²) in [6.45, 7) is 0.760. The molecule has 176 valence electrons. The molecule has 3 rings (SSSR count). The predicted octanol–water partition coefficient (Wildman–Crippen LogP) is 0.0538. The molecule has 2 aliphatic heterocycles. The van der Waals surface area contributed by atoms with Gasteiger partial charge in [0.15, 0.2) is 0 Å². The lowest BCUT2D eigenvalue weighted by Gasteiger charge is -2.23. The number of amides is 6. The van der Waals surface area contributed by atoms with Gasteiger partial charge >= 0.3 is 6.09 Å². The highest BCUT2D eigenvalue weighted by molar-refractivity contribution is 6.26. The summed E-state index contributed by atoms with van der Waals surface area (Å²) in [5.41, 5.74) is 0.259. The number of benzene rings is 1. The molecule has 5 N–H and O–H groups in total. The van der Waals surface area contributed by atoms with Gasteiger partial charge in [-0.1, -0.05) is 6.07 Å². The summed E-state index contributed by atoms with van der Waals surface area (Å²) in [7, 11) is 0. The van der Waals surface area contributed by atoms with Gasteiger partial charge in [0.05, 0.1) is 23.4 Å². The Morgan fingerprint density at radius 2 is 1.85 bits per heavy atom. The van der Waals surface area contributed by atoms with E-state index < -0.39 is 41.7 Å². The lowest BCUT2D eigenvalue weighted by Crippen LogP contribution is -2.49. The van der Waals surface area contributed by atoms with Gasteiger partial charge in [-0.3, -0.25) is 34.2 Å². The number of carboxylic acid groups (broad SMARTS) is 1. The van der Waals surface area contributed by atoms with Crippen LogP contribution in [0.5, 0.6) is 0 Å². The smallest absolute Gasteiger partial charge is 0.404 e. The van der Waals surface area contributed by atoms with Gasteiger partial charge in [0.25, 0.3) is 11.8 Å². The van der Waals surface area contributed by atoms with E-state index in [4.69, 9.17) is 5.11 Å². The number of imide groups is 2. The van der Waals surface area contributed by atoms with Crippen LogP contribution in [0, 0.1) is 0 Å². The Bertz CT molecular complexity index is 993. The highest BCUT2D eigenvalue weighted by atomic mass is 16.4. The molecule has 1 saturated heterocycles. The average molecular weight is 459 g/mol. The van der Waals surface area contributed by atoms with Crippen molar-refractivity contribution in [3.8, 4) is 0 Å².